The van der Waals surface area contributed by atoms with Crippen molar-refractivity contribution in [3.8, 4) is 0 Å². The summed E-state index contributed by atoms with van der Waals surface area (Å²) in [7, 11) is 0. The van der Waals surface area contributed by atoms with Gasteiger partial charge in [-0.15, -0.1) is 0 Å². The summed E-state index contributed by atoms with van der Waals surface area (Å²) in [6.45, 7) is 1.71. The summed E-state index contributed by atoms with van der Waals surface area (Å²) in [6, 6.07) is 0. The largest absolute Gasteiger partial charge is 0.478 e. The van der Waals surface area contributed by atoms with E-state index in [1.807, 2.05) is 0 Å². The van der Waals surface area contributed by atoms with Gasteiger partial charge in [0.1, 0.15) is 0 Å². The van der Waals surface area contributed by atoms with Gasteiger partial charge in [-0.25, -0.2) is 9.59 Å². The second-order valence-corrected chi connectivity index (χ2v) is 3.28. The van der Waals surface area contributed by atoms with E-state index >= 15 is 0 Å². The van der Waals surface area contributed by atoms with Gasteiger partial charge in [-0.2, -0.15) is 13.2 Å². The van der Waals surface area contributed by atoms with Gasteiger partial charge in [-0.3, -0.25) is 0 Å². The first kappa shape index (κ1) is 15.5. The number of esters is 1. The zero-order valence-electron chi connectivity index (χ0n) is 9.16. The topological polar surface area (TPSA) is 63.6 Å². The maximum atomic E-state index is 12.4. The second kappa shape index (κ2) is 6.93. The van der Waals surface area contributed by atoms with Crippen molar-refractivity contribution in [3.63, 3.8) is 0 Å². The highest BCUT2D eigenvalue weighted by Crippen LogP contribution is 2.26. The summed E-state index contributed by atoms with van der Waals surface area (Å²) < 4.78 is 41.3. The van der Waals surface area contributed by atoms with Gasteiger partial charge in [-0.05, 0) is 12.8 Å². The van der Waals surface area contributed by atoms with E-state index in [-0.39, 0.29) is 12.8 Å². The third-order valence-electron chi connectivity index (χ3n) is 1.81. The van der Waals surface area contributed by atoms with Crippen molar-refractivity contribution < 1.29 is 32.6 Å². The molecule has 0 bridgehead atoms. The van der Waals surface area contributed by atoms with Crippen LogP contribution in [0.4, 0.5) is 13.2 Å². The van der Waals surface area contributed by atoms with Gasteiger partial charge in [0, 0.05) is 12.2 Å². The Kier molecular flexibility index (Phi) is 6.30. The molecule has 0 amide bonds. The first-order valence-electron chi connectivity index (χ1n) is 4.95. The third kappa shape index (κ3) is 7.37. The quantitative estimate of drug-likeness (QED) is 0.583. The minimum atomic E-state index is -4.64. The lowest BCUT2D eigenvalue weighted by Gasteiger charge is -2.19. The van der Waals surface area contributed by atoms with Crippen LogP contribution in [0.1, 0.15) is 26.2 Å². The number of hydrogen-bond donors (Lipinski definition) is 1. The molecule has 0 spiro atoms. The normalized spacial score (nSPS) is 13.6. The SMILES string of the molecule is CCCCC(OC(=O)/C=C/C(=O)O)C(F)(F)F. The van der Waals surface area contributed by atoms with Crippen LogP contribution in [0.2, 0.25) is 0 Å². The van der Waals surface area contributed by atoms with Crippen molar-refractivity contribution in [2.45, 2.75) is 38.5 Å². The molecule has 98 valence electrons. The number of carboxylic acids is 1. The number of ether oxygens (including phenoxy) is 1. The number of aliphatic carboxylic acids is 1. The number of alkyl halides is 3. The maximum Gasteiger partial charge on any atom is 0.425 e. The molecule has 0 rings (SSSR count). The summed E-state index contributed by atoms with van der Waals surface area (Å²) in [5.74, 6) is -2.75. The molecule has 1 N–H and O–H groups in total. The minimum Gasteiger partial charge on any atom is -0.478 e. The van der Waals surface area contributed by atoms with E-state index in [1.54, 1.807) is 6.92 Å². The fourth-order valence-electron chi connectivity index (χ4n) is 0.998. The summed E-state index contributed by atoms with van der Waals surface area (Å²) >= 11 is 0. The second-order valence-electron chi connectivity index (χ2n) is 3.28. The Labute approximate surface area is 96.1 Å². The molecule has 0 heterocycles. The standard InChI is InChI=1S/C10H13F3O4/c1-2-3-4-7(10(11,12)13)17-9(16)6-5-8(14)15/h5-7H,2-4H2,1H3,(H,14,15)/b6-5+. The molecule has 0 aliphatic rings. The highest BCUT2D eigenvalue weighted by molar-refractivity contribution is 5.90. The lowest BCUT2D eigenvalue weighted by Crippen LogP contribution is -2.33. The van der Waals surface area contributed by atoms with E-state index in [9.17, 15) is 22.8 Å². The fourth-order valence-corrected chi connectivity index (χ4v) is 0.998. The lowest BCUT2D eigenvalue weighted by atomic mass is 10.1. The molecule has 0 aliphatic carbocycles. The summed E-state index contributed by atoms with van der Waals surface area (Å²) in [5.41, 5.74) is 0. The number of unbranched alkanes of at least 4 members (excludes halogenated alkanes) is 1. The molecule has 17 heavy (non-hydrogen) atoms. The number of carboxylic acid groups (broad SMARTS) is 1. The highest BCUT2D eigenvalue weighted by Gasteiger charge is 2.41. The Morgan fingerprint density at radius 2 is 1.94 bits per heavy atom. The molecule has 7 heteroatoms. The molecule has 1 atom stereocenters. The first-order chi connectivity index (χ1) is 7.77. The van der Waals surface area contributed by atoms with Crippen LogP contribution in [0, 0.1) is 0 Å². The average Bonchev–Trinajstić information content (AvgIpc) is 2.19. The third-order valence-corrected chi connectivity index (χ3v) is 1.81. The van der Waals surface area contributed by atoms with Crippen LogP contribution in [-0.2, 0) is 14.3 Å². The van der Waals surface area contributed by atoms with Crippen molar-refractivity contribution in [2.75, 3.05) is 0 Å². The van der Waals surface area contributed by atoms with E-state index in [0.717, 1.165) is 0 Å². The molecule has 0 aromatic carbocycles. The van der Waals surface area contributed by atoms with Crippen LogP contribution in [0.5, 0.6) is 0 Å². The highest BCUT2D eigenvalue weighted by atomic mass is 19.4. The van der Waals surface area contributed by atoms with Crippen LogP contribution < -0.4 is 0 Å². The van der Waals surface area contributed by atoms with Crippen LogP contribution in [-0.4, -0.2) is 29.3 Å². The molecule has 0 aromatic heterocycles. The molecular formula is C10H13F3O4. The molecule has 0 aliphatic heterocycles. The molecule has 0 saturated heterocycles. The Morgan fingerprint density at radius 3 is 2.35 bits per heavy atom. The average molecular weight is 254 g/mol. The van der Waals surface area contributed by atoms with Crippen molar-refractivity contribution in [1.29, 1.82) is 0 Å². The number of hydrogen-bond acceptors (Lipinski definition) is 3. The zero-order valence-corrected chi connectivity index (χ0v) is 9.16. The Balaban J connectivity index is 4.43. The lowest BCUT2D eigenvalue weighted by molar-refractivity contribution is -0.220. The van der Waals surface area contributed by atoms with Gasteiger partial charge in [0.05, 0.1) is 0 Å². The van der Waals surface area contributed by atoms with Crippen LogP contribution >= 0.6 is 0 Å². The van der Waals surface area contributed by atoms with Crippen molar-refractivity contribution in [3.05, 3.63) is 12.2 Å². The summed E-state index contributed by atoms with van der Waals surface area (Å²) in [5, 5.41) is 8.18. The van der Waals surface area contributed by atoms with Gasteiger partial charge in [-0.1, -0.05) is 13.3 Å². The monoisotopic (exact) mass is 254 g/mol. The maximum absolute atomic E-state index is 12.4. The van der Waals surface area contributed by atoms with Crippen molar-refractivity contribution >= 4 is 11.9 Å². The van der Waals surface area contributed by atoms with Crippen LogP contribution in [0.3, 0.4) is 0 Å². The van der Waals surface area contributed by atoms with Crippen LogP contribution in [0.25, 0.3) is 0 Å². The van der Waals surface area contributed by atoms with Gasteiger partial charge < -0.3 is 9.84 Å². The number of rotatable bonds is 6. The molecule has 4 nitrogen and oxygen atoms in total. The molecule has 0 radical (unpaired) electrons. The molecule has 1 unspecified atom stereocenters. The van der Waals surface area contributed by atoms with Gasteiger partial charge in [0.15, 0.2) is 6.10 Å². The summed E-state index contributed by atoms with van der Waals surface area (Å²) in [4.78, 5) is 20.9. The van der Waals surface area contributed by atoms with Gasteiger partial charge >= 0.3 is 18.1 Å². The zero-order chi connectivity index (χ0) is 13.5. The predicted octanol–water partition coefficient (Wildman–Crippen LogP) is 2.29. The predicted molar refractivity (Wildman–Crippen MR) is 52.2 cm³/mol. The Bertz CT molecular complexity index is 296. The molecule has 0 saturated carbocycles. The van der Waals surface area contributed by atoms with Gasteiger partial charge in [0.2, 0.25) is 0 Å². The van der Waals surface area contributed by atoms with E-state index in [1.165, 1.54) is 0 Å². The summed E-state index contributed by atoms with van der Waals surface area (Å²) in [6.07, 6.45) is -5.47. The Morgan fingerprint density at radius 1 is 1.35 bits per heavy atom. The number of carbonyl (C=O) groups excluding carboxylic acids is 1. The van der Waals surface area contributed by atoms with E-state index in [2.05, 4.69) is 4.74 Å². The first-order valence-corrected chi connectivity index (χ1v) is 4.95. The molecule has 0 aromatic rings. The minimum absolute atomic E-state index is 0.264. The smallest absolute Gasteiger partial charge is 0.425 e. The van der Waals surface area contributed by atoms with Crippen molar-refractivity contribution in [1.82, 2.24) is 0 Å². The van der Waals surface area contributed by atoms with Crippen molar-refractivity contribution in [2.24, 2.45) is 0 Å². The fraction of sp³-hybridized carbons (Fsp3) is 0.600. The van der Waals surface area contributed by atoms with E-state index < -0.39 is 24.2 Å². The van der Waals surface area contributed by atoms with Crippen LogP contribution in [0.15, 0.2) is 12.2 Å². The van der Waals surface area contributed by atoms with E-state index in [0.29, 0.717) is 18.6 Å². The van der Waals surface area contributed by atoms with E-state index in [4.69, 9.17) is 5.11 Å². The Hall–Kier alpha value is -1.53. The molecular weight excluding hydrogens is 241 g/mol. The van der Waals surface area contributed by atoms with Gasteiger partial charge in [0.25, 0.3) is 0 Å². The molecule has 0 fully saturated rings. The number of carbonyl (C=O) groups is 2. The number of halogens is 3.